The number of carboxylic acids is 3. The molecule has 0 aromatic carbocycles. The summed E-state index contributed by atoms with van der Waals surface area (Å²) in [5.74, 6) is -1.95. The van der Waals surface area contributed by atoms with Crippen LogP contribution in [-0.4, -0.2) is 168 Å². The number of hydrogen-bond donors (Lipinski definition) is 9. The van der Waals surface area contributed by atoms with Gasteiger partial charge in [-0.3, -0.25) is 24.0 Å². The molecule has 4 fully saturated rings. The minimum absolute atomic E-state index is 0.0128. The number of amides is 6. The molecule has 4 aliphatic heterocycles. The molecule has 388 valence electrons. The highest BCUT2D eigenvalue weighted by molar-refractivity contribution is 8.02. The number of carbonyl (C=O) groups is 7. The maximum absolute atomic E-state index is 13.5. The highest BCUT2D eigenvalue weighted by Gasteiger charge is 2.58. The largest absolute Gasteiger partial charge is 0.481 e. The first-order valence-electron chi connectivity index (χ1n) is 24.7. The first-order chi connectivity index (χ1) is 32.8. The maximum atomic E-state index is 13.5. The molecule has 68 heavy (non-hydrogen) atoms. The van der Waals surface area contributed by atoms with Gasteiger partial charge in [-0.1, -0.05) is 71.1 Å². The summed E-state index contributed by atoms with van der Waals surface area (Å²) in [5.41, 5.74) is -1.04. The van der Waals surface area contributed by atoms with E-state index in [2.05, 4.69) is 38.8 Å². The van der Waals surface area contributed by atoms with Crippen LogP contribution in [0.3, 0.4) is 0 Å². The molecule has 4 aliphatic rings. The Morgan fingerprint density at radius 2 is 0.971 bits per heavy atom. The summed E-state index contributed by atoms with van der Waals surface area (Å²) < 4.78 is 21.4. The zero-order valence-electron chi connectivity index (χ0n) is 39.9. The molecule has 0 radical (unpaired) electrons. The summed E-state index contributed by atoms with van der Waals surface area (Å²) in [6, 6.07) is -1.79. The third kappa shape index (κ3) is 17.7. The van der Waals surface area contributed by atoms with Gasteiger partial charge in [0.25, 0.3) is 0 Å². The van der Waals surface area contributed by atoms with E-state index >= 15 is 0 Å². The van der Waals surface area contributed by atoms with Crippen molar-refractivity contribution in [2.75, 3.05) is 77.5 Å². The third-order valence-electron chi connectivity index (χ3n) is 13.4. The van der Waals surface area contributed by atoms with Gasteiger partial charge in [-0.25, -0.2) is 9.59 Å². The molecular formula is C46H78N6O14S2. The number of hydrogen-bond acceptors (Lipinski definition) is 13. The van der Waals surface area contributed by atoms with Crippen LogP contribution in [0.4, 0.5) is 9.59 Å². The van der Waals surface area contributed by atoms with Crippen LogP contribution in [0, 0.1) is 5.41 Å². The Labute approximate surface area is 409 Å². The second-order valence-corrected chi connectivity index (χ2v) is 21.0. The average molecular weight is 1000 g/mol. The number of unbranched alkanes of at least 4 members (excludes halogenated alkanes) is 9. The quantitative estimate of drug-likeness (QED) is 0.0309. The van der Waals surface area contributed by atoms with Crippen LogP contribution in [0.25, 0.3) is 0 Å². The summed E-state index contributed by atoms with van der Waals surface area (Å²) in [6.45, 7) is 4.49. The Bertz CT molecular complexity index is 1540. The molecule has 6 amide bonds. The van der Waals surface area contributed by atoms with E-state index in [1.54, 1.807) is 0 Å². The summed E-state index contributed by atoms with van der Waals surface area (Å²) in [7, 11) is 0. The molecule has 20 nitrogen and oxygen atoms in total. The van der Waals surface area contributed by atoms with Crippen molar-refractivity contribution in [2.45, 2.75) is 163 Å². The normalized spacial score (nSPS) is 23.8. The number of thioether (sulfide) groups is 2. The van der Waals surface area contributed by atoms with Crippen molar-refractivity contribution in [1.82, 2.24) is 31.9 Å². The predicted molar refractivity (Wildman–Crippen MR) is 257 cm³/mol. The van der Waals surface area contributed by atoms with Crippen molar-refractivity contribution in [3.05, 3.63) is 0 Å². The van der Waals surface area contributed by atoms with Crippen LogP contribution in [0.2, 0.25) is 0 Å². The standard InChI is InChI=1S/C46H78N6O14S2/c1-2-3-4-5-6-7-8-11-16-44(41(59)60,19-23-63-27-29-65-25-21-47-39(57)45(17-12-9-14-35(53)54)37-33(31-67-45)49-42(61)51-37)20-24-64-28-30-66-26-22-48-40(58)46(18-13-10-15-36(55)56)38-34(32-68-46)50-43(62)52-38/h33-34,37-38H,2-32H2,1H3,(H,47,57)(H,48,58)(H,53,54)(H,55,56)(H,59,60)(H2,49,51,61)(H2,50,52,62)/t33-,34-,37-,38-,45-,46-/m0/s1. The van der Waals surface area contributed by atoms with E-state index in [4.69, 9.17) is 29.2 Å². The molecule has 0 aromatic heterocycles. The number of urea groups is 2. The molecule has 4 heterocycles. The number of ether oxygens (including phenoxy) is 4. The molecule has 0 aromatic rings. The molecule has 6 atom stereocenters. The van der Waals surface area contributed by atoms with Crippen LogP contribution < -0.4 is 31.9 Å². The molecule has 0 aliphatic carbocycles. The average Bonchev–Trinajstić information content (AvgIpc) is 4.06. The molecule has 0 saturated carbocycles. The van der Waals surface area contributed by atoms with E-state index in [0.29, 0.717) is 69.3 Å². The minimum Gasteiger partial charge on any atom is -0.481 e. The summed E-state index contributed by atoms with van der Waals surface area (Å²) in [6.07, 6.45) is 12.6. The number of carbonyl (C=O) groups excluding carboxylic acids is 4. The van der Waals surface area contributed by atoms with Gasteiger partial charge in [0, 0.05) is 50.7 Å². The van der Waals surface area contributed by atoms with Crippen LogP contribution in [0.15, 0.2) is 0 Å². The van der Waals surface area contributed by atoms with Gasteiger partial charge in [0.2, 0.25) is 11.8 Å². The van der Waals surface area contributed by atoms with Gasteiger partial charge >= 0.3 is 30.0 Å². The second-order valence-electron chi connectivity index (χ2n) is 18.3. The lowest BCUT2D eigenvalue weighted by molar-refractivity contribution is -0.152. The van der Waals surface area contributed by atoms with E-state index in [9.17, 15) is 38.7 Å². The summed E-state index contributed by atoms with van der Waals surface area (Å²) >= 11 is 2.95. The molecule has 4 saturated heterocycles. The Morgan fingerprint density at radius 1 is 0.559 bits per heavy atom. The summed E-state index contributed by atoms with van der Waals surface area (Å²) in [5, 5.41) is 46.1. The first kappa shape index (κ1) is 57.0. The molecule has 4 rings (SSSR count). The van der Waals surface area contributed by atoms with Crippen molar-refractivity contribution in [2.24, 2.45) is 5.41 Å². The highest BCUT2D eigenvalue weighted by Crippen LogP contribution is 2.45. The van der Waals surface area contributed by atoms with E-state index in [1.807, 2.05) is 0 Å². The number of carboxylic acid groups (broad SMARTS) is 3. The lowest BCUT2D eigenvalue weighted by Gasteiger charge is -2.32. The SMILES string of the molecule is CCCCCCCCCCC(CCOCCOCCNC(=O)[C@@]1(CCCCC(=O)O)SC[C@@H]2NC(=O)N[C@@H]21)(CCOCCOCCNC(=O)[C@@]1(CCCCC(=O)O)SC[C@@H]2NC(=O)N[C@@H]21)C(=O)O. The molecule has 0 unspecified atom stereocenters. The van der Waals surface area contributed by atoms with Crippen LogP contribution >= 0.6 is 23.5 Å². The van der Waals surface area contributed by atoms with Gasteiger partial charge in [-0.2, -0.15) is 0 Å². The van der Waals surface area contributed by atoms with Gasteiger partial charge in [-0.05, 0) is 44.9 Å². The predicted octanol–water partition coefficient (Wildman–Crippen LogP) is 4.03. The highest BCUT2D eigenvalue weighted by atomic mass is 32.2. The second kappa shape index (κ2) is 30.2. The van der Waals surface area contributed by atoms with E-state index in [0.717, 1.165) is 25.7 Å². The fourth-order valence-corrected chi connectivity index (χ4v) is 12.8. The van der Waals surface area contributed by atoms with Crippen molar-refractivity contribution in [3.63, 3.8) is 0 Å². The molecule has 22 heteroatoms. The number of fused-ring (bicyclic) bond motifs is 2. The van der Waals surface area contributed by atoms with Crippen LogP contribution in [0.1, 0.15) is 129 Å². The number of nitrogens with one attached hydrogen (secondary N) is 6. The van der Waals surface area contributed by atoms with E-state index in [-0.39, 0.29) is 115 Å². The lowest BCUT2D eigenvalue weighted by Crippen LogP contribution is -2.56. The van der Waals surface area contributed by atoms with Crippen molar-refractivity contribution >= 4 is 65.3 Å². The zero-order valence-corrected chi connectivity index (χ0v) is 41.5. The smallest absolute Gasteiger partial charge is 0.315 e. The fourth-order valence-electron chi connectivity index (χ4n) is 9.55. The maximum Gasteiger partial charge on any atom is 0.315 e. The Kier molecular flexibility index (Phi) is 25.3. The zero-order chi connectivity index (χ0) is 49.3. The minimum atomic E-state index is -1.04. The van der Waals surface area contributed by atoms with E-state index < -0.39 is 44.9 Å². The molecule has 0 spiro atoms. The molecule has 0 bridgehead atoms. The van der Waals surface area contributed by atoms with Crippen molar-refractivity contribution in [1.29, 1.82) is 0 Å². The molecular weight excluding hydrogens is 925 g/mol. The van der Waals surface area contributed by atoms with Crippen molar-refractivity contribution in [3.8, 4) is 0 Å². The Morgan fingerprint density at radius 3 is 1.38 bits per heavy atom. The van der Waals surface area contributed by atoms with Crippen LogP contribution in [0.5, 0.6) is 0 Å². The topological polar surface area (TPSA) is 289 Å². The van der Waals surface area contributed by atoms with Gasteiger partial charge in [0.05, 0.1) is 69.2 Å². The first-order valence-corrected chi connectivity index (χ1v) is 26.7. The van der Waals surface area contributed by atoms with Gasteiger partial charge in [0.15, 0.2) is 0 Å². The number of aliphatic carboxylic acids is 3. The van der Waals surface area contributed by atoms with Gasteiger partial charge in [-0.15, -0.1) is 23.5 Å². The number of rotatable bonds is 40. The van der Waals surface area contributed by atoms with Gasteiger partial charge in [0.1, 0.15) is 9.49 Å². The third-order valence-corrected chi connectivity index (χ3v) is 16.8. The van der Waals surface area contributed by atoms with Crippen LogP contribution in [-0.2, 0) is 42.9 Å². The lowest BCUT2D eigenvalue weighted by atomic mass is 9.77. The summed E-state index contributed by atoms with van der Waals surface area (Å²) in [4.78, 5) is 86.2. The van der Waals surface area contributed by atoms with Gasteiger partial charge < -0.3 is 66.2 Å². The Balaban J connectivity index is 1.15. The van der Waals surface area contributed by atoms with Crippen molar-refractivity contribution < 1.29 is 67.8 Å². The monoisotopic (exact) mass is 1000 g/mol. The van der Waals surface area contributed by atoms with E-state index in [1.165, 1.54) is 49.2 Å². The molecule has 9 N–H and O–H groups in total. The fraction of sp³-hybridized carbons (Fsp3) is 0.848. The Hall–Kier alpha value is -3.57.